The van der Waals surface area contributed by atoms with Crippen molar-refractivity contribution in [2.24, 2.45) is 0 Å². The molecule has 2 saturated heterocycles. The monoisotopic (exact) mass is 639 g/mol. The van der Waals surface area contributed by atoms with Crippen molar-refractivity contribution in [1.82, 2.24) is 15.1 Å². The summed E-state index contributed by atoms with van der Waals surface area (Å²) in [6, 6.07) is 9.25. The summed E-state index contributed by atoms with van der Waals surface area (Å²) in [6.07, 6.45) is 5.51. The van der Waals surface area contributed by atoms with Crippen LogP contribution in [0.5, 0.6) is 5.75 Å². The van der Waals surface area contributed by atoms with Crippen LogP contribution in [-0.4, -0.2) is 92.9 Å². The summed E-state index contributed by atoms with van der Waals surface area (Å²) in [5.74, 6) is 0.282. The second-order valence-corrected chi connectivity index (χ2v) is 12.8. The first kappa shape index (κ1) is 35.8. The van der Waals surface area contributed by atoms with Crippen molar-refractivity contribution in [2.75, 3.05) is 53.2 Å². The quantitative estimate of drug-likeness (QED) is 0.257. The number of rotatable bonds is 15. The number of carbonyl (C=O) groups is 2. The van der Waals surface area contributed by atoms with Gasteiger partial charge in [-0.25, -0.2) is 4.39 Å². The Morgan fingerprint density at radius 2 is 1.76 bits per heavy atom. The zero-order valence-corrected chi connectivity index (χ0v) is 28.5. The molecule has 8 nitrogen and oxygen atoms in total. The molecule has 2 aliphatic heterocycles. The largest absolute Gasteiger partial charge is 0.493 e. The minimum Gasteiger partial charge on any atom is -0.493 e. The smallest absolute Gasteiger partial charge is 0.227 e. The van der Waals surface area contributed by atoms with Gasteiger partial charge in [-0.1, -0.05) is 13.0 Å². The molecule has 2 amide bonds. The molecule has 1 N–H and O–H groups in total. The number of hydrogen-bond acceptors (Lipinski definition) is 6. The van der Waals surface area contributed by atoms with Crippen molar-refractivity contribution in [2.45, 2.75) is 97.2 Å². The number of nitrogens with one attached hydrogen (secondary N) is 1. The molecule has 0 saturated carbocycles. The zero-order valence-electron chi connectivity index (χ0n) is 28.5. The summed E-state index contributed by atoms with van der Waals surface area (Å²) in [6.45, 7) is 12.9. The third-order valence-electron chi connectivity index (χ3n) is 9.25. The van der Waals surface area contributed by atoms with E-state index >= 15 is 4.39 Å². The fraction of sp³-hybridized carbons (Fsp3) is 0.622. The molecule has 2 heterocycles. The number of ether oxygens (including phenoxy) is 3. The molecule has 2 fully saturated rings. The predicted octanol–water partition coefficient (Wildman–Crippen LogP) is 5.57. The average molecular weight is 640 g/mol. The summed E-state index contributed by atoms with van der Waals surface area (Å²) >= 11 is 0. The highest BCUT2D eigenvalue weighted by Gasteiger charge is 2.29. The Labute approximate surface area is 274 Å². The van der Waals surface area contributed by atoms with Crippen LogP contribution in [0.25, 0.3) is 11.1 Å². The minimum atomic E-state index is -0.378. The number of likely N-dealkylation sites (N-methyl/N-ethyl adjacent to an activating group) is 1. The Morgan fingerprint density at radius 1 is 0.978 bits per heavy atom. The molecule has 4 rings (SSSR count). The SMILES string of the molecule is CCc1cc(-c2cc(CC(=O)N(CC)C3CCOCC3)ccc2F)c(OCCCOC)cc1CC(=O)N(C(C)C)[C@@H]1CCCNC1. The van der Waals surface area contributed by atoms with Crippen LogP contribution in [0, 0.1) is 5.82 Å². The lowest BCUT2D eigenvalue weighted by molar-refractivity contribution is -0.135. The van der Waals surface area contributed by atoms with E-state index in [9.17, 15) is 9.59 Å². The molecule has 2 aliphatic rings. The lowest BCUT2D eigenvalue weighted by Gasteiger charge is -2.38. The molecule has 9 heteroatoms. The number of methoxy groups -OCH3 is 1. The van der Waals surface area contributed by atoms with Crippen molar-refractivity contribution < 1.29 is 28.2 Å². The van der Waals surface area contributed by atoms with E-state index in [1.54, 1.807) is 19.2 Å². The van der Waals surface area contributed by atoms with Gasteiger partial charge in [0, 0.05) is 75.7 Å². The molecule has 254 valence electrons. The van der Waals surface area contributed by atoms with E-state index in [2.05, 4.69) is 26.1 Å². The lowest BCUT2D eigenvalue weighted by Crippen LogP contribution is -2.52. The summed E-state index contributed by atoms with van der Waals surface area (Å²) in [5.41, 5.74) is 3.66. The summed E-state index contributed by atoms with van der Waals surface area (Å²) in [4.78, 5) is 31.2. The van der Waals surface area contributed by atoms with Crippen molar-refractivity contribution in [1.29, 1.82) is 0 Å². The average Bonchev–Trinajstić information content (AvgIpc) is 3.05. The Bertz CT molecular complexity index is 1290. The number of halogens is 1. The molecule has 2 aromatic rings. The Kier molecular flexibility index (Phi) is 13.9. The minimum absolute atomic E-state index is 0.0361. The van der Waals surface area contributed by atoms with Crippen LogP contribution in [0.3, 0.4) is 0 Å². The van der Waals surface area contributed by atoms with Gasteiger partial charge >= 0.3 is 0 Å². The maximum Gasteiger partial charge on any atom is 0.227 e. The normalized spacial score (nSPS) is 17.2. The van der Waals surface area contributed by atoms with Gasteiger partial charge in [-0.05, 0) is 100 Å². The molecule has 0 bridgehead atoms. The van der Waals surface area contributed by atoms with Gasteiger partial charge in [0.25, 0.3) is 0 Å². The van der Waals surface area contributed by atoms with Crippen LogP contribution >= 0.6 is 0 Å². The first-order valence-corrected chi connectivity index (χ1v) is 17.2. The first-order valence-electron chi connectivity index (χ1n) is 17.2. The first-order chi connectivity index (χ1) is 22.3. The van der Waals surface area contributed by atoms with Crippen LogP contribution in [0.1, 0.15) is 76.5 Å². The van der Waals surface area contributed by atoms with E-state index in [0.29, 0.717) is 62.7 Å². The van der Waals surface area contributed by atoms with E-state index in [4.69, 9.17) is 14.2 Å². The van der Waals surface area contributed by atoms with Gasteiger partial charge in [0.15, 0.2) is 0 Å². The van der Waals surface area contributed by atoms with Gasteiger partial charge in [0.2, 0.25) is 11.8 Å². The van der Waals surface area contributed by atoms with E-state index < -0.39 is 0 Å². The molecule has 0 aliphatic carbocycles. The van der Waals surface area contributed by atoms with Crippen LogP contribution in [-0.2, 0) is 38.3 Å². The highest BCUT2D eigenvalue weighted by atomic mass is 19.1. The standard InChI is InChI=1S/C37H54FN3O5/c1-6-28-22-33(32-20-27(11-12-34(32)38)21-36(42)40(7-2)30-13-18-45-19-14-30)35(46-17-9-16-44-5)23-29(28)24-37(43)41(26(3)4)31-10-8-15-39-25-31/h11-12,20,22-23,26,30-31,39H,6-10,13-19,21,24-25H2,1-5H3/t31-/m1/s1. The number of benzene rings is 2. The van der Waals surface area contributed by atoms with Crippen LogP contribution in [0.2, 0.25) is 0 Å². The zero-order chi connectivity index (χ0) is 33.1. The van der Waals surface area contributed by atoms with E-state index in [-0.39, 0.29) is 48.6 Å². The van der Waals surface area contributed by atoms with E-state index in [0.717, 1.165) is 55.5 Å². The molecular weight excluding hydrogens is 585 g/mol. The highest BCUT2D eigenvalue weighted by molar-refractivity contribution is 5.82. The molecule has 1 atom stereocenters. The molecule has 0 spiro atoms. The van der Waals surface area contributed by atoms with Crippen molar-refractivity contribution >= 4 is 11.8 Å². The molecular formula is C37H54FN3O5. The second kappa shape index (κ2) is 17.8. The van der Waals surface area contributed by atoms with Gasteiger partial charge in [-0.3, -0.25) is 9.59 Å². The summed E-state index contributed by atoms with van der Waals surface area (Å²) < 4.78 is 32.6. The van der Waals surface area contributed by atoms with Gasteiger partial charge < -0.3 is 29.3 Å². The van der Waals surface area contributed by atoms with Crippen molar-refractivity contribution in [3.8, 4) is 16.9 Å². The number of carbonyl (C=O) groups excluding carboxylic acids is 2. The van der Waals surface area contributed by atoms with Gasteiger partial charge in [-0.15, -0.1) is 0 Å². The van der Waals surface area contributed by atoms with Gasteiger partial charge in [0.05, 0.1) is 19.4 Å². The van der Waals surface area contributed by atoms with E-state index in [1.165, 1.54) is 6.07 Å². The maximum absolute atomic E-state index is 15.6. The van der Waals surface area contributed by atoms with Gasteiger partial charge in [0.1, 0.15) is 11.6 Å². The highest BCUT2D eigenvalue weighted by Crippen LogP contribution is 2.36. The molecule has 0 aromatic heterocycles. The molecule has 0 radical (unpaired) electrons. The van der Waals surface area contributed by atoms with Crippen LogP contribution in [0.4, 0.5) is 4.39 Å². The topological polar surface area (TPSA) is 80.3 Å². The fourth-order valence-corrected chi connectivity index (χ4v) is 6.91. The van der Waals surface area contributed by atoms with E-state index in [1.807, 2.05) is 28.9 Å². The number of amides is 2. The summed E-state index contributed by atoms with van der Waals surface area (Å²) in [5, 5.41) is 3.44. The Hall–Kier alpha value is -3.01. The number of hydrogen-bond donors (Lipinski definition) is 1. The number of aryl methyl sites for hydroxylation is 1. The van der Waals surface area contributed by atoms with Gasteiger partial charge in [-0.2, -0.15) is 0 Å². The lowest BCUT2D eigenvalue weighted by atomic mass is 9.92. The fourth-order valence-electron chi connectivity index (χ4n) is 6.91. The number of nitrogens with zero attached hydrogens (tertiary/aromatic N) is 2. The van der Waals surface area contributed by atoms with Crippen LogP contribution < -0.4 is 10.1 Å². The third-order valence-corrected chi connectivity index (χ3v) is 9.25. The molecule has 46 heavy (non-hydrogen) atoms. The summed E-state index contributed by atoms with van der Waals surface area (Å²) in [7, 11) is 1.65. The second-order valence-electron chi connectivity index (χ2n) is 12.8. The molecule has 0 unspecified atom stereocenters. The van der Waals surface area contributed by atoms with Crippen LogP contribution in [0.15, 0.2) is 30.3 Å². The third kappa shape index (κ3) is 9.29. The van der Waals surface area contributed by atoms with Crippen molar-refractivity contribution in [3.05, 3.63) is 52.8 Å². The number of piperidine rings is 1. The maximum atomic E-state index is 15.6. The molecule has 2 aromatic carbocycles. The Balaban J connectivity index is 1.65. The predicted molar refractivity (Wildman–Crippen MR) is 180 cm³/mol. The Morgan fingerprint density at radius 3 is 2.41 bits per heavy atom. The van der Waals surface area contributed by atoms with Crippen molar-refractivity contribution in [3.63, 3.8) is 0 Å².